The van der Waals surface area contributed by atoms with E-state index in [9.17, 15) is 4.79 Å². The van der Waals surface area contributed by atoms with Gasteiger partial charge >= 0.3 is 0 Å². The van der Waals surface area contributed by atoms with Crippen LogP contribution in [0.4, 0.5) is 5.69 Å². The second-order valence-corrected chi connectivity index (χ2v) is 5.64. The molecule has 1 amide bonds. The number of carbonyl (C=O) groups is 1. The second-order valence-electron chi connectivity index (χ2n) is 4.85. The third-order valence-electron chi connectivity index (χ3n) is 3.48. The molecule has 0 aliphatic carbocycles. The average Bonchev–Trinajstić information content (AvgIpc) is 2.91. The molecular weight excluding hydrogens is 320 g/mol. The molecule has 0 saturated heterocycles. The van der Waals surface area contributed by atoms with Crippen LogP contribution in [0.25, 0.3) is 11.3 Å². The summed E-state index contributed by atoms with van der Waals surface area (Å²) in [5.74, 6) is 1.01. The number of hydrogen-bond donors (Lipinski definition) is 2. The Kier molecular flexibility index (Phi) is 3.35. The molecular formula is C14H15BrN4O. The molecule has 2 aromatic rings. The van der Waals surface area contributed by atoms with Crippen molar-refractivity contribution in [2.75, 3.05) is 19.0 Å². The first kappa shape index (κ1) is 13.3. The van der Waals surface area contributed by atoms with Gasteiger partial charge in [-0.1, -0.05) is 6.07 Å². The largest absolute Gasteiger partial charge is 0.335 e. The number of benzene rings is 1. The number of H-pyrrole nitrogens is 1. The van der Waals surface area contributed by atoms with Crippen LogP contribution >= 0.6 is 15.9 Å². The lowest BCUT2D eigenvalue weighted by molar-refractivity contribution is -0.117. The summed E-state index contributed by atoms with van der Waals surface area (Å²) in [6.45, 7) is 0.685. The van der Waals surface area contributed by atoms with Gasteiger partial charge in [-0.15, -0.1) is 0 Å². The van der Waals surface area contributed by atoms with Crippen LogP contribution in [-0.4, -0.2) is 30.0 Å². The molecule has 0 bridgehead atoms. The Hall–Kier alpha value is -1.66. The van der Waals surface area contributed by atoms with Crippen LogP contribution in [0.15, 0.2) is 22.8 Å². The Balaban J connectivity index is 2.00. The molecule has 1 aromatic heterocycles. The van der Waals surface area contributed by atoms with E-state index in [1.807, 2.05) is 32.3 Å². The molecule has 0 fully saturated rings. The number of amides is 1. The van der Waals surface area contributed by atoms with Crippen LogP contribution in [0.1, 0.15) is 11.4 Å². The maximum absolute atomic E-state index is 11.7. The molecule has 2 N–H and O–H groups in total. The summed E-state index contributed by atoms with van der Waals surface area (Å²) in [7, 11) is 3.69. The molecule has 0 atom stereocenters. The molecule has 104 valence electrons. The lowest BCUT2D eigenvalue weighted by atomic mass is 10.1. The third-order valence-corrected chi connectivity index (χ3v) is 4.06. The number of aromatic nitrogens is 2. The number of aromatic amines is 1. The van der Waals surface area contributed by atoms with Gasteiger partial charge in [-0.2, -0.15) is 0 Å². The molecule has 1 aliphatic rings. The van der Waals surface area contributed by atoms with Crippen molar-refractivity contribution < 1.29 is 4.79 Å². The van der Waals surface area contributed by atoms with Crippen LogP contribution < -0.4 is 10.2 Å². The number of nitrogens with one attached hydrogen (secondary N) is 2. The Morgan fingerprint density at radius 3 is 3.05 bits per heavy atom. The third kappa shape index (κ3) is 2.14. The molecule has 0 unspecified atom stereocenters. The van der Waals surface area contributed by atoms with Crippen molar-refractivity contribution in [1.29, 1.82) is 0 Å². The van der Waals surface area contributed by atoms with Crippen molar-refractivity contribution in [2.45, 2.75) is 13.0 Å². The lowest BCUT2D eigenvalue weighted by Gasteiger charge is -2.10. The SMILES string of the molecule is CNCc1nc(-c2ccc3c(c2)CC(=O)N3C)c(Br)[nH]1. The predicted molar refractivity (Wildman–Crippen MR) is 81.6 cm³/mol. The molecule has 0 radical (unpaired) electrons. The molecule has 1 aromatic carbocycles. The summed E-state index contributed by atoms with van der Waals surface area (Å²) in [6.07, 6.45) is 0.463. The topological polar surface area (TPSA) is 61.0 Å². The van der Waals surface area contributed by atoms with Gasteiger partial charge in [-0.05, 0) is 40.7 Å². The quantitative estimate of drug-likeness (QED) is 0.903. The van der Waals surface area contributed by atoms with Crippen molar-refractivity contribution in [3.05, 3.63) is 34.2 Å². The van der Waals surface area contributed by atoms with Gasteiger partial charge in [0.25, 0.3) is 0 Å². The molecule has 6 heteroatoms. The van der Waals surface area contributed by atoms with E-state index < -0.39 is 0 Å². The standard InChI is InChI=1S/C14H15BrN4O/c1-16-7-11-17-13(14(15)18-11)8-3-4-10-9(5-8)6-12(20)19(10)2/h3-5,16H,6-7H2,1-2H3,(H,17,18). The molecule has 1 aliphatic heterocycles. The Bertz CT molecular complexity index is 680. The highest BCUT2D eigenvalue weighted by Gasteiger charge is 2.24. The highest BCUT2D eigenvalue weighted by molar-refractivity contribution is 9.10. The molecule has 0 spiro atoms. The molecule has 0 saturated carbocycles. The Labute approximate surface area is 125 Å². The molecule has 20 heavy (non-hydrogen) atoms. The first-order chi connectivity index (χ1) is 9.60. The van der Waals surface area contributed by atoms with Crippen molar-refractivity contribution in [3.8, 4) is 11.3 Å². The van der Waals surface area contributed by atoms with E-state index >= 15 is 0 Å². The van der Waals surface area contributed by atoms with E-state index in [1.54, 1.807) is 4.90 Å². The summed E-state index contributed by atoms with van der Waals surface area (Å²) in [6, 6.07) is 6.02. The van der Waals surface area contributed by atoms with Crippen LogP contribution in [-0.2, 0) is 17.8 Å². The van der Waals surface area contributed by atoms with Crippen LogP contribution in [0.3, 0.4) is 0 Å². The van der Waals surface area contributed by atoms with Crippen LogP contribution in [0.5, 0.6) is 0 Å². The fourth-order valence-corrected chi connectivity index (χ4v) is 3.00. The first-order valence-corrected chi connectivity index (χ1v) is 7.18. The highest BCUT2D eigenvalue weighted by Crippen LogP contribution is 2.33. The zero-order valence-corrected chi connectivity index (χ0v) is 12.9. The van der Waals surface area contributed by atoms with Gasteiger partial charge in [0.1, 0.15) is 16.1 Å². The van der Waals surface area contributed by atoms with Crippen LogP contribution in [0.2, 0.25) is 0 Å². The minimum absolute atomic E-state index is 0.133. The number of fused-ring (bicyclic) bond motifs is 1. The van der Waals surface area contributed by atoms with Crippen molar-refractivity contribution in [1.82, 2.24) is 15.3 Å². The van der Waals surface area contributed by atoms with Crippen molar-refractivity contribution >= 4 is 27.5 Å². The van der Waals surface area contributed by atoms with Crippen molar-refractivity contribution in [2.24, 2.45) is 0 Å². The number of anilines is 1. The second kappa shape index (κ2) is 5.03. The molecule has 2 heterocycles. The minimum Gasteiger partial charge on any atom is -0.335 e. The Morgan fingerprint density at radius 1 is 1.50 bits per heavy atom. The number of carbonyl (C=O) groups excluding carboxylic acids is 1. The number of rotatable bonds is 3. The zero-order chi connectivity index (χ0) is 14.3. The van der Waals surface area contributed by atoms with Gasteiger partial charge in [0.15, 0.2) is 0 Å². The normalized spacial score (nSPS) is 13.9. The summed E-state index contributed by atoms with van der Waals surface area (Å²) < 4.78 is 0.861. The van der Waals surface area contributed by atoms with E-state index in [4.69, 9.17) is 0 Å². The molecule has 3 rings (SSSR count). The van der Waals surface area contributed by atoms with Gasteiger partial charge in [-0.3, -0.25) is 4.79 Å². The highest BCUT2D eigenvalue weighted by atomic mass is 79.9. The van der Waals surface area contributed by atoms with Gasteiger partial charge in [-0.25, -0.2) is 4.98 Å². The van der Waals surface area contributed by atoms with Gasteiger partial charge in [0, 0.05) is 18.3 Å². The maximum Gasteiger partial charge on any atom is 0.231 e. The van der Waals surface area contributed by atoms with E-state index in [0.29, 0.717) is 13.0 Å². The van der Waals surface area contributed by atoms with Crippen molar-refractivity contribution in [3.63, 3.8) is 0 Å². The van der Waals surface area contributed by atoms with E-state index in [2.05, 4.69) is 31.2 Å². The maximum atomic E-state index is 11.7. The van der Waals surface area contributed by atoms with E-state index in [-0.39, 0.29) is 5.91 Å². The van der Waals surface area contributed by atoms with Gasteiger partial charge in [0.2, 0.25) is 5.91 Å². The minimum atomic E-state index is 0.133. The average molecular weight is 335 g/mol. The number of nitrogens with zero attached hydrogens (tertiary/aromatic N) is 2. The smallest absolute Gasteiger partial charge is 0.231 e. The monoisotopic (exact) mass is 334 g/mol. The number of halogens is 1. The summed E-state index contributed by atoms with van der Waals surface area (Å²) in [5.41, 5.74) is 3.93. The summed E-state index contributed by atoms with van der Waals surface area (Å²) >= 11 is 3.51. The number of hydrogen-bond acceptors (Lipinski definition) is 3. The van der Waals surface area contributed by atoms with Gasteiger partial charge < -0.3 is 15.2 Å². The molecule has 5 nitrogen and oxygen atoms in total. The lowest BCUT2D eigenvalue weighted by Crippen LogP contribution is -2.20. The fourth-order valence-electron chi connectivity index (χ4n) is 2.46. The van der Waals surface area contributed by atoms with Crippen LogP contribution in [0, 0.1) is 0 Å². The summed E-state index contributed by atoms with van der Waals surface area (Å²) in [5, 5.41) is 3.06. The predicted octanol–water partition coefficient (Wildman–Crippen LogP) is 2.08. The summed E-state index contributed by atoms with van der Waals surface area (Å²) in [4.78, 5) is 21.2. The number of likely N-dealkylation sites (N-methyl/N-ethyl adjacent to an activating group) is 1. The zero-order valence-electron chi connectivity index (χ0n) is 11.3. The Morgan fingerprint density at radius 2 is 2.30 bits per heavy atom. The number of imidazole rings is 1. The fraction of sp³-hybridized carbons (Fsp3) is 0.286. The van der Waals surface area contributed by atoms with Gasteiger partial charge in [0.05, 0.1) is 13.0 Å². The van der Waals surface area contributed by atoms with E-state index in [1.165, 1.54) is 0 Å². The first-order valence-electron chi connectivity index (χ1n) is 6.39. The van der Waals surface area contributed by atoms with E-state index in [0.717, 1.165) is 32.9 Å².